The number of rotatable bonds is 8. The lowest BCUT2D eigenvalue weighted by atomic mass is 10.2. The Balaban J connectivity index is 2.32. The van der Waals surface area contributed by atoms with Crippen molar-refractivity contribution < 1.29 is 9.53 Å². The number of thioether (sulfide) groups is 1. The number of benzene rings is 1. The summed E-state index contributed by atoms with van der Waals surface area (Å²) in [6, 6.07) is 5.25. The Kier molecular flexibility index (Phi) is 7.30. The highest BCUT2D eigenvalue weighted by Crippen LogP contribution is 2.24. The first-order valence-corrected chi connectivity index (χ1v) is 7.99. The van der Waals surface area contributed by atoms with E-state index in [1.54, 1.807) is 25.3 Å². The maximum atomic E-state index is 11.8. The first-order chi connectivity index (χ1) is 9.52. The van der Waals surface area contributed by atoms with Gasteiger partial charge in [-0.15, -0.1) is 0 Å². The van der Waals surface area contributed by atoms with Crippen LogP contribution < -0.4 is 15.8 Å². The third-order valence-corrected chi connectivity index (χ3v) is 4.16. The van der Waals surface area contributed by atoms with E-state index in [2.05, 4.69) is 19.2 Å². The molecule has 0 aliphatic heterocycles. The third kappa shape index (κ3) is 6.19. The molecule has 1 rings (SSSR count). The van der Waals surface area contributed by atoms with Crippen LogP contribution in [-0.4, -0.2) is 24.5 Å². The van der Waals surface area contributed by atoms with Crippen LogP contribution in [0.3, 0.4) is 0 Å². The Labute approximate surface area is 125 Å². The van der Waals surface area contributed by atoms with E-state index >= 15 is 0 Å². The van der Waals surface area contributed by atoms with E-state index in [9.17, 15) is 4.79 Å². The topological polar surface area (TPSA) is 64.3 Å². The minimum absolute atomic E-state index is 0.00649. The van der Waals surface area contributed by atoms with Crippen LogP contribution in [0.4, 0.5) is 11.4 Å². The van der Waals surface area contributed by atoms with Crippen LogP contribution in [0.15, 0.2) is 18.2 Å². The fraction of sp³-hybridized carbons (Fsp3) is 0.533. The van der Waals surface area contributed by atoms with Crippen LogP contribution in [-0.2, 0) is 4.79 Å². The van der Waals surface area contributed by atoms with Gasteiger partial charge in [0.2, 0.25) is 5.91 Å². The number of anilines is 2. The summed E-state index contributed by atoms with van der Waals surface area (Å²) in [4.78, 5) is 11.8. The molecular formula is C15H24N2O2S. The summed E-state index contributed by atoms with van der Waals surface area (Å²) >= 11 is 1.90. The van der Waals surface area contributed by atoms with Crippen molar-refractivity contribution in [3.8, 4) is 5.75 Å². The maximum absolute atomic E-state index is 11.8. The van der Waals surface area contributed by atoms with Crippen molar-refractivity contribution in [1.82, 2.24) is 0 Å². The van der Waals surface area contributed by atoms with Crippen molar-refractivity contribution in [3.63, 3.8) is 0 Å². The molecule has 1 aromatic carbocycles. The average Bonchev–Trinajstić information content (AvgIpc) is 2.40. The Hall–Kier alpha value is -1.36. The van der Waals surface area contributed by atoms with E-state index in [0.29, 0.717) is 29.5 Å². The third-order valence-electron chi connectivity index (χ3n) is 2.68. The Morgan fingerprint density at radius 1 is 1.45 bits per heavy atom. The van der Waals surface area contributed by atoms with Crippen LogP contribution in [0.2, 0.25) is 0 Å². The SMILES string of the molecule is COc1ccc(NC(=O)CCCSCC(C)C)c(N)c1. The summed E-state index contributed by atoms with van der Waals surface area (Å²) in [5.41, 5.74) is 7.02. The lowest BCUT2D eigenvalue weighted by Gasteiger charge is -2.09. The molecule has 0 aliphatic carbocycles. The zero-order valence-electron chi connectivity index (χ0n) is 12.4. The summed E-state index contributed by atoms with van der Waals surface area (Å²) < 4.78 is 5.07. The van der Waals surface area contributed by atoms with Gasteiger partial charge in [0.05, 0.1) is 18.5 Å². The van der Waals surface area contributed by atoms with Gasteiger partial charge in [-0.05, 0) is 36.0 Å². The maximum Gasteiger partial charge on any atom is 0.224 e. The van der Waals surface area contributed by atoms with Crippen molar-refractivity contribution in [3.05, 3.63) is 18.2 Å². The molecule has 0 saturated heterocycles. The molecular weight excluding hydrogens is 272 g/mol. The minimum Gasteiger partial charge on any atom is -0.497 e. The highest BCUT2D eigenvalue weighted by atomic mass is 32.2. The van der Waals surface area contributed by atoms with Gasteiger partial charge in [-0.1, -0.05) is 13.8 Å². The van der Waals surface area contributed by atoms with Crippen molar-refractivity contribution in [2.24, 2.45) is 5.92 Å². The van der Waals surface area contributed by atoms with E-state index in [1.165, 1.54) is 0 Å². The van der Waals surface area contributed by atoms with E-state index in [1.807, 2.05) is 11.8 Å². The molecule has 1 amide bonds. The summed E-state index contributed by atoms with van der Waals surface area (Å²) in [5.74, 6) is 3.56. The number of hydrogen-bond donors (Lipinski definition) is 2. The molecule has 1 aromatic rings. The predicted octanol–water partition coefficient (Wildman–Crippen LogP) is 3.39. The van der Waals surface area contributed by atoms with E-state index < -0.39 is 0 Å². The fourth-order valence-corrected chi connectivity index (χ4v) is 2.63. The van der Waals surface area contributed by atoms with Crippen molar-refractivity contribution in [2.75, 3.05) is 29.7 Å². The minimum atomic E-state index is 0.00649. The molecule has 0 unspecified atom stereocenters. The smallest absolute Gasteiger partial charge is 0.224 e. The van der Waals surface area contributed by atoms with E-state index in [0.717, 1.165) is 17.9 Å². The Bertz CT molecular complexity index is 436. The second-order valence-electron chi connectivity index (χ2n) is 5.07. The highest BCUT2D eigenvalue weighted by molar-refractivity contribution is 7.99. The lowest BCUT2D eigenvalue weighted by molar-refractivity contribution is -0.116. The first kappa shape index (κ1) is 16.7. The largest absolute Gasteiger partial charge is 0.497 e. The standard InChI is InChI=1S/C15H24N2O2S/c1-11(2)10-20-8-4-5-15(18)17-14-7-6-12(19-3)9-13(14)16/h6-7,9,11H,4-5,8,10,16H2,1-3H3,(H,17,18). The van der Waals surface area contributed by atoms with Gasteiger partial charge in [0, 0.05) is 12.5 Å². The molecule has 0 aliphatic rings. The zero-order valence-corrected chi connectivity index (χ0v) is 13.3. The van der Waals surface area contributed by atoms with Gasteiger partial charge in [0.1, 0.15) is 5.75 Å². The van der Waals surface area contributed by atoms with E-state index in [4.69, 9.17) is 10.5 Å². The van der Waals surface area contributed by atoms with Crippen LogP contribution in [0.5, 0.6) is 5.75 Å². The van der Waals surface area contributed by atoms with Gasteiger partial charge in [-0.2, -0.15) is 11.8 Å². The number of nitrogens with one attached hydrogen (secondary N) is 1. The molecule has 0 heterocycles. The summed E-state index contributed by atoms with van der Waals surface area (Å²) in [5, 5.41) is 2.83. The number of carbonyl (C=O) groups excluding carboxylic acids is 1. The number of methoxy groups -OCH3 is 1. The zero-order chi connectivity index (χ0) is 15.0. The van der Waals surface area contributed by atoms with E-state index in [-0.39, 0.29) is 5.91 Å². The summed E-state index contributed by atoms with van der Waals surface area (Å²) in [6.07, 6.45) is 1.41. The second kappa shape index (κ2) is 8.74. The Morgan fingerprint density at radius 2 is 2.20 bits per heavy atom. The molecule has 0 bridgehead atoms. The number of ether oxygens (including phenoxy) is 1. The molecule has 20 heavy (non-hydrogen) atoms. The number of amides is 1. The second-order valence-corrected chi connectivity index (χ2v) is 6.22. The van der Waals surface area contributed by atoms with Crippen LogP contribution >= 0.6 is 11.8 Å². The summed E-state index contributed by atoms with van der Waals surface area (Å²) in [6.45, 7) is 4.40. The molecule has 3 N–H and O–H groups in total. The monoisotopic (exact) mass is 296 g/mol. The van der Waals surface area contributed by atoms with Gasteiger partial charge in [-0.3, -0.25) is 4.79 Å². The van der Waals surface area contributed by atoms with Crippen LogP contribution in [0.25, 0.3) is 0 Å². The quantitative estimate of drug-likeness (QED) is 0.570. The number of nitrogens with two attached hydrogens (primary N) is 1. The number of nitrogen functional groups attached to an aromatic ring is 1. The van der Waals surface area contributed by atoms with Gasteiger partial charge >= 0.3 is 0 Å². The lowest BCUT2D eigenvalue weighted by Crippen LogP contribution is -2.13. The number of carbonyl (C=O) groups is 1. The van der Waals surface area contributed by atoms with Gasteiger partial charge in [0.15, 0.2) is 0 Å². The Morgan fingerprint density at radius 3 is 2.80 bits per heavy atom. The normalized spacial score (nSPS) is 10.6. The van der Waals surface area contributed by atoms with Crippen molar-refractivity contribution >= 4 is 29.0 Å². The first-order valence-electron chi connectivity index (χ1n) is 6.84. The molecule has 0 saturated carbocycles. The molecule has 0 atom stereocenters. The van der Waals surface area contributed by atoms with Gasteiger partial charge < -0.3 is 15.8 Å². The molecule has 0 radical (unpaired) electrons. The highest BCUT2D eigenvalue weighted by Gasteiger charge is 2.06. The molecule has 4 nitrogen and oxygen atoms in total. The van der Waals surface area contributed by atoms with Gasteiger partial charge in [-0.25, -0.2) is 0 Å². The molecule has 112 valence electrons. The van der Waals surface area contributed by atoms with Crippen molar-refractivity contribution in [1.29, 1.82) is 0 Å². The molecule has 0 aromatic heterocycles. The average molecular weight is 296 g/mol. The predicted molar refractivity (Wildman–Crippen MR) is 87.4 cm³/mol. The fourth-order valence-electron chi connectivity index (χ4n) is 1.65. The number of hydrogen-bond acceptors (Lipinski definition) is 4. The molecule has 0 fully saturated rings. The summed E-state index contributed by atoms with van der Waals surface area (Å²) in [7, 11) is 1.59. The van der Waals surface area contributed by atoms with Gasteiger partial charge in [0.25, 0.3) is 0 Å². The van der Waals surface area contributed by atoms with Crippen LogP contribution in [0, 0.1) is 5.92 Å². The van der Waals surface area contributed by atoms with Crippen LogP contribution in [0.1, 0.15) is 26.7 Å². The van der Waals surface area contributed by atoms with Crippen molar-refractivity contribution in [2.45, 2.75) is 26.7 Å². The molecule has 5 heteroatoms. The molecule has 0 spiro atoms.